The first-order chi connectivity index (χ1) is 11.1. The van der Waals surface area contributed by atoms with Gasteiger partial charge in [-0.3, -0.25) is 9.59 Å². The molecule has 2 amide bonds. The monoisotopic (exact) mass is 317 g/mol. The van der Waals surface area contributed by atoms with Crippen molar-refractivity contribution in [1.29, 1.82) is 0 Å². The van der Waals surface area contributed by atoms with Gasteiger partial charge in [0.1, 0.15) is 0 Å². The highest BCUT2D eigenvalue weighted by Crippen LogP contribution is 2.35. The maximum absolute atomic E-state index is 12.5. The highest BCUT2D eigenvalue weighted by molar-refractivity contribution is 5.79. The number of nitrogens with zero attached hydrogens (tertiary/aromatic N) is 5. The van der Waals surface area contributed by atoms with Crippen molar-refractivity contribution >= 4 is 11.8 Å². The Balaban J connectivity index is 1.42. The Labute approximate surface area is 135 Å². The van der Waals surface area contributed by atoms with Crippen LogP contribution < -0.4 is 0 Å². The van der Waals surface area contributed by atoms with Crippen molar-refractivity contribution in [2.24, 2.45) is 11.8 Å². The molecule has 3 aliphatic rings. The van der Waals surface area contributed by atoms with Crippen LogP contribution in [0.5, 0.6) is 0 Å². The molecule has 1 saturated carbocycles. The lowest BCUT2D eigenvalue weighted by Crippen LogP contribution is -2.45. The molecule has 0 aromatic carbocycles. The Bertz CT molecular complexity index is 634. The van der Waals surface area contributed by atoms with Crippen molar-refractivity contribution in [3.05, 3.63) is 11.6 Å². The van der Waals surface area contributed by atoms with Gasteiger partial charge in [0.05, 0.1) is 13.1 Å². The molecular weight excluding hydrogens is 294 g/mol. The quantitative estimate of drug-likeness (QED) is 0.826. The summed E-state index contributed by atoms with van der Waals surface area (Å²) in [5, 5.41) is 8.52. The van der Waals surface area contributed by atoms with Crippen LogP contribution in [-0.4, -0.2) is 49.5 Å². The molecule has 2 aliphatic heterocycles. The lowest BCUT2D eigenvalue weighted by atomic mass is 9.75. The Morgan fingerprint density at radius 1 is 1.22 bits per heavy atom. The second-order valence-corrected chi connectivity index (χ2v) is 7.14. The summed E-state index contributed by atoms with van der Waals surface area (Å²) in [6, 6.07) is 0. The number of hydrogen-bond acceptors (Lipinski definition) is 4. The van der Waals surface area contributed by atoms with Gasteiger partial charge in [-0.1, -0.05) is 6.92 Å². The first kappa shape index (κ1) is 14.7. The molecule has 0 N–H and O–H groups in total. The molecule has 7 heteroatoms. The van der Waals surface area contributed by atoms with Crippen LogP contribution in [-0.2, 0) is 29.2 Å². The molecule has 0 radical (unpaired) electrons. The number of amides is 2. The molecule has 3 heterocycles. The minimum atomic E-state index is 0.203. The van der Waals surface area contributed by atoms with Crippen LogP contribution in [0.2, 0.25) is 0 Å². The minimum absolute atomic E-state index is 0.203. The second-order valence-electron chi connectivity index (χ2n) is 7.14. The lowest BCUT2D eigenvalue weighted by molar-refractivity contribution is -0.141. The second kappa shape index (κ2) is 5.62. The summed E-state index contributed by atoms with van der Waals surface area (Å²) in [7, 11) is 0. The summed E-state index contributed by atoms with van der Waals surface area (Å²) in [5.41, 5.74) is 0. The Hall–Kier alpha value is -1.92. The molecule has 0 unspecified atom stereocenters. The third-order valence-electron chi connectivity index (χ3n) is 5.37. The van der Waals surface area contributed by atoms with E-state index in [1.54, 1.807) is 0 Å². The molecule has 23 heavy (non-hydrogen) atoms. The van der Waals surface area contributed by atoms with Gasteiger partial charge in [0.25, 0.3) is 0 Å². The van der Waals surface area contributed by atoms with Gasteiger partial charge in [0, 0.05) is 32.0 Å². The number of fused-ring (bicyclic) bond motifs is 1. The molecular formula is C16H23N5O2. The van der Waals surface area contributed by atoms with E-state index in [-0.39, 0.29) is 17.7 Å². The maximum atomic E-state index is 12.5. The number of aromatic nitrogens is 3. The van der Waals surface area contributed by atoms with Crippen LogP contribution in [0.4, 0.5) is 0 Å². The highest BCUT2D eigenvalue weighted by atomic mass is 16.2. The minimum Gasteiger partial charge on any atom is -0.335 e. The molecule has 1 saturated heterocycles. The molecule has 0 spiro atoms. The summed E-state index contributed by atoms with van der Waals surface area (Å²) >= 11 is 0. The summed E-state index contributed by atoms with van der Waals surface area (Å²) < 4.78 is 2.08. The van der Waals surface area contributed by atoms with Crippen molar-refractivity contribution in [1.82, 2.24) is 24.6 Å². The average molecular weight is 317 g/mol. The first-order valence-corrected chi connectivity index (χ1v) is 8.59. The van der Waals surface area contributed by atoms with Gasteiger partial charge in [-0.15, -0.1) is 10.2 Å². The van der Waals surface area contributed by atoms with Crippen LogP contribution in [0.15, 0.2) is 0 Å². The summed E-state index contributed by atoms with van der Waals surface area (Å²) in [6.45, 7) is 5.54. The molecule has 7 nitrogen and oxygen atoms in total. The van der Waals surface area contributed by atoms with Crippen molar-refractivity contribution in [2.45, 2.75) is 52.2 Å². The van der Waals surface area contributed by atoms with E-state index in [9.17, 15) is 9.59 Å². The fourth-order valence-electron chi connectivity index (χ4n) is 3.93. The SMILES string of the molecule is CC1CC(C(=O)N2CCn3c(CN4CCCC4=O)nnc3C2)C1. The Kier molecular flexibility index (Phi) is 3.58. The number of hydrogen-bond donors (Lipinski definition) is 0. The zero-order valence-electron chi connectivity index (χ0n) is 13.6. The first-order valence-electron chi connectivity index (χ1n) is 8.59. The molecule has 2 fully saturated rings. The van der Waals surface area contributed by atoms with Gasteiger partial charge in [0.2, 0.25) is 11.8 Å². The topological polar surface area (TPSA) is 71.3 Å². The van der Waals surface area contributed by atoms with Crippen LogP contribution in [0, 0.1) is 11.8 Å². The molecule has 4 rings (SSSR count). The summed E-state index contributed by atoms with van der Waals surface area (Å²) in [6.07, 6.45) is 3.61. The summed E-state index contributed by atoms with van der Waals surface area (Å²) in [4.78, 5) is 28.0. The van der Waals surface area contributed by atoms with E-state index in [2.05, 4.69) is 21.7 Å². The molecule has 1 aliphatic carbocycles. The number of carbonyl (C=O) groups excluding carboxylic acids is 2. The lowest BCUT2D eigenvalue weighted by Gasteiger charge is -2.37. The number of likely N-dealkylation sites (tertiary alicyclic amines) is 1. The normalized spacial score (nSPS) is 27.1. The van der Waals surface area contributed by atoms with Crippen molar-refractivity contribution in [2.75, 3.05) is 13.1 Å². The van der Waals surface area contributed by atoms with E-state index >= 15 is 0 Å². The van der Waals surface area contributed by atoms with E-state index in [4.69, 9.17) is 0 Å². The number of rotatable bonds is 3. The van der Waals surface area contributed by atoms with E-state index < -0.39 is 0 Å². The van der Waals surface area contributed by atoms with Gasteiger partial charge >= 0.3 is 0 Å². The van der Waals surface area contributed by atoms with E-state index in [1.807, 2.05) is 9.80 Å². The number of carbonyl (C=O) groups is 2. The average Bonchev–Trinajstić information content (AvgIpc) is 3.10. The van der Waals surface area contributed by atoms with Gasteiger partial charge in [-0.05, 0) is 25.2 Å². The van der Waals surface area contributed by atoms with Crippen LogP contribution in [0.25, 0.3) is 0 Å². The Morgan fingerprint density at radius 2 is 2.04 bits per heavy atom. The zero-order valence-corrected chi connectivity index (χ0v) is 13.6. The molecule has 0 bridgehead atoms. The van der Waals surface area contributed by atoms with Gasteiger partial charge in [0.15, 0.2) is 11.6 Å². The molecule has 0 atom stereocenters. The fraction of sp³-hybridized carbons (Fsp3) is 0.750. The Morgan fingerprint density at radius 3 is 2.74 bits per heavy atom. The third-order valence-corrected chi connectivity index (χ3v) is 5.37. The molecule has 124 valence electrons. The largest absolute Gasteiger partial charge is 0.335 e. The van der Waals surface area contributed by atoms with Crippen molar-refractivity contribution in [3.8, 4) is 0 Å². The third kappa shape index (κ3) is 2.62. The standard InChI is InChI=1S/C16H23N5O2/c1-11-7-12(8-11)16(23)20-5-6-21-13(17-18-14(21)10-20)9-19-4-2-3-15(19)22/h11-12H,2-10H2,1H3. The summed E-state index contributed by atoms with van der Waals surface area (Å²) in [5.74, 6) is 3.06. The van der Waals surface area contributed by atoms with Gasteiger partial charge < -0.3 is 14.4 Å². The fourth-order valence-corrected chi connectivity index (χ4v) is 3.93. The van der Waals surface area contributed by atoms with Crippen LogP contribution >= 0.6 is 0 Å². The predicted octanol–water partition coefficient (Wildman–Crippen LogP) is 0.789. The van der Waals surface area contributed by atoms with Crippen molar-refractivity contribution < 1.29 is 9.59 Å². The van der Waals surface area contributed by atoms with Crippen LogP contribution in [0.1, 0.15) is 44.3 Å². The zero-order chi connectivity index (χ0) is 16.0. The molecule has 1 aromatic rings. The van der Waals surface area contributed by atoms with E-state index in [0.29, 0.717) is 25.4 Å². The van der Waals surface area contributed by atoms with Crippen molar-refractivity contribution in [3.63, 3.8) is 0 Å². The smallest absolute Gasteiger partial charge is 0.226 e. The highest BCUT2D eigenvalue weighted by Gasteiger charge is 2.36. The van der Waals surface area contributed by atoms with E-state index in [1.165, 1.54) is 0 Å². The molecule has 1 aromatic heterocycles. The van der Waals surface area contributed by atoms with Gasteiger partial charge in [-0.2, -0.15) is 0 Å². The van der Waals surface area contributed by atoms with Crippen LogP contribution in [0.3, 0.4) is 0 Å². The van der Waals surface area contributed by atoms with E-state index in [0.717, 1.165) is 50.5 Å². The maximum Gasteiger partial charge on any atom is 0.226 e. The van der Waals surface area contributed by atoms with Gasteiger partial charge in [-0.25, -0.2) is 0 Å². The predicted molar refractivity (Wildman–Crippen MR) is 82.0 cm³/mol.